The summed E-state index contributed by atoms with van der Waals surface area (Å²) < 4.78 is 41.4. The summed E-state index contributed by atoms with van der Waals surface area (Å²) in [4.78, 5) is 8.98. The lowest BCUT2D eigenvalue weighted by atomic mass is 10.2. The van der Waals surface area contributed by atoms with Gasteiger partial charge in [0.2, 0.25) is 5.89 Å². The number of sulfone groups is 1. The van der Waals surface area contributed by atoms with E-state index < -0.39 is 9.84 Å². The number of benzene rings is 2. The first-order chi connectivity index (χ1) is 16.5. The second kappa shape index (κ2) is 10.4. The Morgan fingerprint density at radius 3 is 2.71 bits per heavy atom. The Morgan fingerprint density at radius 1 is 1.06 bits per heavy atom. The molecule has 9 heteroatoms. The highest BCUT2D eigenvalue weighted by Crippen LogP contribution is 2.32. The van der Waals surface area contributed by atoms with Gasteiger partial charge in [0.05, 0.1) is 30.1 Å². The number of hydrogen-bond donors (Lipinski definition) is 1. The number of pyridine rings is 1. The summed E-state index contributed by atoms with van der Waals surface area (Å²) in [6, 6.07) is 17.9. The lowest BCUT2D eigenvalue weighted by Crippen LogP contribution is -2.05. The molecule has 4 aromatic rings. The van der Waals surface area contributed by atoms with Gasteiger partial charge in [0, 0.05) is 23.9 Å². The molecule has 176 valence electrons. The molecule has 0 unspecified atom stereocenters. The van der Waals surface area contributed by atoms with Crippen LogP contribution in [0.15, 0.2) is 82.4 Å². The van der Waals surface area contributed by atoms with E-state index in [4.69, 9.17) is 13.9 Å². The van der Waals surface area contributed by atoms with Crippen LogP contribution in [0.3, 0.4) is 0 Å². The molecule has 0 amide bonds. The molecule has 1 N–H and O–H groups in total. The predicted molar refractivity (Wildman–Crippen MR) is 129 cm³/mol. The Kier molecular flexibility index (Phi) is 7.12. The van der Waals surface area contributed by atoms with Crippen molar-refractivity contribution < 1.29 is 22.3 Å². The summed E-state index contributed by atoms with van der Waals surface area (Å²) in [6.07, 6.45) is 3.93. The first kappa shape index (κ1) is 23.3. The normalized spacial score (nSPS) is 11.2. The van der Waals surface area contributed by atoms with E-state index in [0.29, 0.717) is 41.9 Å². The standard InChI is InChI=1S/C25H25N3O5S/c1-3-34(29,30)21-10-11-23(31-2)22(16-21)27-24-17-33-25(28-24)18-7-6-9-20(15-18)32-14-12-19-8-4-5-13-26-19/h4-11,13,15-17,27H,3,12,14H2,1-2H3. The van der Waals surface area contributed by atoms with Crippen molar-refractivity contribution >= 4 is 21.3 Å². The molecule has 2 heterocycles. The van der Waals surface area contributed by atoms with Crippen LogP contribution in [0.1, 0.15) is 12.6 Å². The Hall–Kier alpha value is -3.85. The molecule has 8 nitrogen and oxygen atoms in total. The summed E-state index contributed by atoms with van der Waals surface area (Å²) in [5.74, 6) is 2.01. The zero-order valence-electron chi connectivity index (χ0n) is 18.9. The minimum absolute atomic E-state index is 0.00709. The highest BCUT2D eigenvalue weighted by atomic mass is 32.2. The number of nitrogens with zero attached hydrogens (tertiary/aromatic N) is 2. The number of hydrogen-bond acceptors (Lipinski definition) is 8. The van der Waals surface area contributed by atoms with Crippen LogP contribution in [0.5, 0.6) is 11.5 Å². The molecule has 34 heavy (non-hydrogen) atoms. The quantitative estimate of drug-likeness (QED) is 0.342. The SMILES string of the molecule is CCS(=O)(=O)c1ccc(OC)c(Nc2coc(-c3cccc(OCCc4ccccn4)c3)n2)c1. The van der Waals surface area contributed by atoms with E-state index in [0.717, 1.165) is 11.3 Å². The molecule has 4 rings (SSSR count). The van der Waals surface area contributed by atoms with Crippen molar-refractivity contribution in [3.8, 4) is 23.0 Å². The van der Waals surface area contributed by atoms with Crippen molar-refractivity contribution in [2.75, 3.05) is 24.8 Å². The van der Waals surface area contributed by atoms with Gasteiger partial charge in [-0.05, 0) is 48.5 Å². The fourth-order valence-electron chi connectivity index (χ4n) is 3.28. The molecular weight excluding hydrogens is 454 g/mol. The number of nitrogens with one attached hydrogen (secondary N) is 1. The van der Waals surface area contributed by atoms with E-state index in [2.05, 4.69) is 15.3 Å². The maximum atomic E-state index is 12.3. The molecule has 0 bridgehead atoms. The van der Waals surface area contributed by atoms with Gasteiger partial charge >= 0.3 is 0 Å². The van der Waals surface area contributed by atoms with Crippen LogP contribution in [0.4, 0.5) is 11.5 Å². The van der Waals surface area contributed by atoms with Crippen molar-refractivity contribution in [2.45, 2.75) is 18.2 Å². The summed E-state index contributed by atoms with van der Waals surface area (Å²) in [5.41, 5.74) is 2.19. The number of ether oxygens (including phenoxy) is 2. The van der Waals surface area contributed by atoms with Crippen LogP contribution in [-0.2, 0) is 16.3 Å². The van der Waals surface area contributed by atoms with Crippen LogP contribution in [0, 0.1) is 0 Å². The fourth-order valence-corrected chi connectivity index (χ4v) is 4.19. The first-order valence-corrected chi connectivity index (χ1v) is 12.4. The number of rotatable bonds is 10. The average molecular weight is 480 g/mol. The van der Waals surface area contributed by atoms with Gasteiger partial charge in [0.15, 0.2) is 15.7 Å². The third-order valence-corrected chi connectivity index (χ3v) is 6.84. The van der Waals surface area contributed by atoms with Gasteiger partial charge in [-0.25, -0.2) is 8.42 Å². The van der Waals surface area contributed by atoms with Gasteiger partial charge in [0.1, 0.15) is 17.8 Å². The maximum absolute atomic E-state index is 12.3. The van der Waals surface area contributed by atoms with Crippen LogP contribution in [-0.4, -0.2) is 37.9 Å². The molecule has 0 aliphatic heterocycles. The lowest BCUT2D eigenvalue weighted by Gasteiger charge is -2.11. The Balaban J connectivity index is 1.47. The van der Waals surface area contributed by atoms with Crippen molar-refractivity contribution in [1.29, 1.82) is 0 Å². The second-order valence-electron chi connectivity index (χ2n) is 7.38. The molecular formula is C25H25N3O5S. The zero-order valence-corrected chi connectivity index (χ0v) is 19.7. The third kappa shape index (κ3) is 5.55. The van der Waals surface area contributed by atoms with Crippen molar-refractivity contribution in [2.24, 2.45) is 0 Å². The third-order valence-electron chi connectivity index (χ3n) is 5.11. The highest BCUT2D eigenvalue weighted by molar-refractivity contribution is 7.91. The number of anilines is 2. The molecule has 0 aliphatic rings. The minimum atomic E-state index is -3.36. The second-order valence-corrected chi connectivity index (χ2v) is 9.65. The molecule has 0 saturated carbocycles. The van der Waals surface area contributed by atoms with Crippen molar-refractivity contribution in [3.63, 3.8) is 0 Å². The Bertz CT molecular complexity index is 1350. The summed E-state index contributed by atoms with van der Waals surface area (Å²) in [6.45, 7) is 2.10. The van der Waals surface area contributed by atoms with E-state index >= 15 is 0 Å². The van der Waals surface area contributed by atoms with E-state index in [1.54, 1.807) is 19.2 Å². The summed E-state index contributed by atoms with van der Waals surface area (Å²) in [5, 5.41) is 3.08. The monoisotopic (exact) mass is 479 g/mol. The van der Waals surface area contributed by atoms with Gasteiger partial charge in [-0.3, -0.25) is 4.98 Å². The van der Waals surface area contributed by atoms with E-state index in [1.165, 1.54) is 25.5 Å². The number of oxazole rings is 1. The maximum Gasteiger partial charge on any atom is 0.228 e. The van der Waals surface area contributed by atoms with Crippen LogP contribution >= 0.6 is 0 Å². The van der Waals surface area contributed by atoms with E-state index in [1.807, 2.05) is 42.5 Å². The van der Waals surface area contributed by atoms with Gasteiger partial charge in [-0.2, -0.15) is 4.98 Å². The smallest absolute Gasteiger partial charge is 0.228 e. The topological polar surface area (TPSA) is 104 Å². The molecule has 2 aromatic heterocycles. The molecule has 0 spiro atoms. The van der Waals surface area contributed by atoms with E-state index in [-0.39, 0.29) is 10.6 Å². The van der Waals surface area contributed by atoms with Crippen molar-refractivity contribution in [3.05, 3.63) is 78.8 Å². The van der Waals surface area contributed by atoms with Gasteiger partial charge in [-0.15, -0.1) is 0 Å². The largest absolute Gasteiger partial charge is 0.495 e. The molecule has 0 fully saturated rings. The van der Waals surface area contributed by atoms with E-state index in [9.17, 15) is 8.42 Å². The van der Waals surface area contributed by atoms with Crippen LogP contribution in [0.25, 0.3) is 11.5 Å². The summed E-state index contributed by atoms with van der Waals surface area (Å²) >= 11 is 0. The fraction of sp³-hybridized carbons (Fsp3) is 0.200. The minimum Gasteiger partial charge on any atom is -0.495 e. The van der Waals surface area contributed by atoms with Gasteiger partial charge in [0.25, 0.3) is 0 Å². The van der Waals surface area contributed by atoms with Crippen LogP contribution in [0.2, 0.25) is 0 Å². The van der Waals surface area contributed by atoms with Crippen molar-refractivity contribution in [1.82, 2.24) is 9.97 Å². The Morgan fingerprint density at radius 2 is 1.94 bits per heavy atom. The predicted octanol–water partition coefficient (Wildman–Crippen LogP) is 4.90. The Labute approximate surface area is 198 Å². The molecule has 0 atom stereocenters. The van der Waals surface area contributed by atoms with Gasteiger partial charge < -0.3 is 19.2 Å². The first-order valence-electron chi connectivity index (χ1n) is 10.7. The van der Waals surface area contributed by atoms with Gasteiger partial charge in [-0.1, -0.05) is 19.1 Å². The zero-order chi connectivity index (χ0) is 24.0. The number of methoxy groups -OCH3 is 1. The molecule has 0 saturated heterocycles. The molecule has 2 aromatic carbocycles. The summed E-state index contributed by atoms with van der Waals surface area (Å²) in [7, 11) is -1.85. The lowest BCUT2D eigenvalue weighted by molar-refractivity contribution is 0.320. The average Bonchev–Trinajstić information content (AvgIpc) is 3.33. The van der Waals surface area contributed by atoms with Crippen LogP contribution < -0.4 is 14.8 Å². The molecule has 0 radical (unpaired) electrons. The number of aromatic nitrogens is 2. The molecule has 0 aliphatic carbocycles. The highest BCUT2D eigenvalue weighted by Gasteiger charge is 2.16.